The molecule has 0 aromatic rings. The van der Waals surface area contributed by atoms with Crippen molar-refractivity contribution in [2.75, 3.05) is 0 Å². The lowest BCUT2D eigenvalue weighted by Crippen LogP contribution is -2.21. The Balaban J connectivity index is 3.81. The average molecular weight is 142 g/mol. The lowest BCUT2D eigenvalue weighted by molar-refractivity contribution is 0.0911. The van der Waals surface area contributed by atoms with Crippen molar-refractivity contribution >= 4 is 0 Å². The van der Waals surface area contributed by atoms with Gasteiger partial charge in [0.05, 0.1) is 6.10 Å². The fourth-order valence-corrected chi connectivity index (χ4v) is 1.02. The monoisotopic (exact) mass is 142 g/mol. The molecule has 0 unspecified atom stereocenters. The summed E-state index contributed by atoms with van der Waals surface area (Å²) in [4.78, 5) is 0. The maximum absolute atomic E-state index is 9.47. The second-order valence-corrected chi connectivity index (χ2v) is 3.12. The molecule has 0 saturated carbocycles. The molecule has 1 heteroatoms. The van der Waals surface area contributed by atoms with Crippen molar-refractivity contribution in [1.29, 1.82) is 0 Å². The van der Waals surface area contributed by atoms with Crippen molar-refractivity contribution in [3.8, 4) is 0 Å². The second-order valence-electron chi connectivity index (χ2n) is 3.12. The molecule has 0 bridgehead atoms. The number of allylic oxidation sites excluding steroid dienone is 1. The van der Waals surface area contributed by atoms with E-state index in [0.29, 0.717) is 5.92 Å². The Hall–Kier alpha value is -0.300. The molecule has 0 aliphatic heterocycles. The normalized spacial score (nSPS) is 18.2. The van der Waals surface area contributed by atoms with E-state index in [2.05, 4.69) is 0 Å². The molecule has 60 valence electrons. The van der Waals surface area contributed by atoms with Gasteiger partial charge < -0.3 is 5.11 Å². The van der Waals surface area contributed by atoms with Crippen LogP contribution in [0.3, 0.4) is 0 Å². The van der Waals surface area contributed by atoms with Gasteiger partial charge in [-0.3, -0.25) is 0 Å². The fraction of sp³-hybridized carbons (Fsp3) is 0.778. The van der Waals surface area contributed by atoms with Gasteiger partial charge in [-0.2, -0.15) is 0 Å². The van der Waals surface area contributed by atoms with Gasteiger partial charge in [0, 0.05) is 5.92 Å². The summed E-state index contributed by atoms with van der Waals surface area (Å²) in [6, 6.07) is 0. The smallest absolute Gasteiger partial charge is 0.0622 e. The Morgan fingerprint density at radius 2 is 1.70 bits per heavy atom. The average Bonchev–Trinajstić information content (AvgIpc) is 1.87. The number of hydrogen-bond acceptors (Lipinski definition) is 1. The van der Waals surface area contributed by atoms with E-state index < -0.39 is 0 Å². The Labute approximate surface area is 63.8 Å². The van der Waals surface area contributed by atoms with Gasteiger partial charge in [0.1, 0.15) is 0 Å². The highest BCUT2D eigenvalue weighted by Crippen LogP contribution is 2.12. The molecule has 0 saturated heterocycles. The summed E-state index contributed by atoms with van der Waals surface area (Å²) >= 11 is 0. The van der Waals surface area contributed by atoms with Crippen molar-refractivity contribution in [3.05, 3.63) is 12.2 Å². The van der Waals surface area contributed by atoms with E-state index in [1.165, 1.54) is 0 Å². The first-order chi connectivity index (χ1) is 4.59. The van der Waals surface area contributed by atoms with Gasteiger partial charge in [0.2, 0.25) is 0 Å². The minimum atomic E-state index is -0.198. The highest BCUT2D eigenvalue weighted by atomic mass is 16.3. The second kappa shape index (κ2) is 4.51. The zero-order chi connectivity index (χ0) is 8.15. The van der Waals surface area contributed by atoms with Gasteiger partial charge in [-0.1, -0.05) is 32.9 Å². The lowest BCUT2D eigenvalue weighted by atomic mass is 9.95. The first kappa shape index (κ1) is 9.70. The number of aliphatic hydroxyl groups is 1. The van der Waals surface area contributed by atoms with Crippen LogP contribution in [0.25, 0.3) is 0 Å². The molecule has 0 heterocycles. The lowest BCUT2D eigenvalue weighted by Gasteiger charge is -2.18. The van der Waals surface area contributed by atoms with E-state index in [1.54, 1.807) is 0 Å². The molecule has 10 heavy (non-hydrogen) atoms. The van der Waals surface area contributed by atoms with Gasteiger partial charge in [-0.25, -0.2) is 0 Å². The molecule has 2 atom stereocenters. The van der Waals surface area contributed by atoms with Crippen molar-refractivity contribution < 1.29 is 5.11 Å². The third-order valence-corrected chi connectivity index (χ3v) is 1.72. The Morgan fingerprint density at radius 3 is 2.00 bits per heavy atom. The van der Waals surface area contributed by atoms with Crippen LogP contribution >= 0.6 is 0 Å². The Morgan fingerprint density at radius 1 is 1.20 bits per heavy atom. The van der Waals surface area contributed by atoms with E-state index in [9.17, 15) is 5.11 Å². The van der Waals surface area contributed by atoms with Crippen LogP contribution < -0.4 is 0 Å². The summed E-state index contributed by atoms with van der Waals surface area (Å²) in [5, 5.41) is 9.47. The molecule has 0 rings (SSSR count). The first-order valence-electron chi connectivity index (χ1n) is 3.90. The molecule has 0 radical (unpaired) electrons. The standard InChI is InChI=1S/C9H18O/c1-5-6-8(4)9(10)7(2)3/h5-10H,1-4H3/b6-5+/t8-,9-/m0/s1. The van der Waals surface area contributed by atoms with Crippen LogP contribution in [0.2, 0.25) is 0 Å². The zero-order valence-electron chi connectivity index (χ0n) is 7.33. The minimum absolute atomic E-state index is 0.198. The van der Waals surface area contributed by atoms with Crippen LogP contribution in [0.4, 0.5) is 0 Å². The molecule has 0 aromatic carbocycles. The van der Waals surface area contributed by atoms with E-state index >= 15 is 0 Å². The predicted molar refractivity (Wildman–Crippen MR) is 44.8 cm³/mol. The minimum Gasteiger partial charge on any atom is -0.392 e. The summed E-state index contributed by atoms with van der Waals surface area (Å²) in [6.07, 6.45) is 3.82. The summed E-state index contributed by atoms with van der Waals surface area (Å²) in [5.41, 5.74) is 0. The molecular formula is C9H18O. The van der Waals surface area contributed by atoms with Crippen molar-refractivity contribution in [2.24, 2.45) is 11.8 Å². The van der Waals surface area contributed by atoms with Crippen LogP contribution in [0.1, 0.15) is 27.7 Å². The Kier molecular flexibility index (Phi) is 4.37. The SMILES string of the molecule is C/C=C/[C@H](C)[C@@H](O)C(C)C. The number of hydrogen-bond donors (Lipinski definition) is 1. The van der Waals surface area contributed by atoms with Crippen molar-refractivity contribution in [1.82, 2.24) is 0 Å². The van der Waals surface area contributed by atoms with E-state index in [-0.39, 0.29) is 12.0 Å². The highest BCUT2D eigenvalue weighted by Gasteiger charge is 2.14. The van der Waals surface area contributed by atoms with Crippen LogP contribution in [0.15, 0.2) is 12.2 Å². The fourth-order valence-electron chi connectivity index (χ4n) is 1.02. The summed E-state index contributed by atoms with van der Waals surface area (Å²) in [6.45, 7) is 8.07. The Bertz CT molecular complexity index is 105. The van der Waals surface area contributed by atoms with Crippen molar-refractivity contribution in [3.63, 3.8) is 0 Å². The van der Waals surface area contributed by atoms with Crippen molar-refractivity contribution in [2.45, 2.75) is 33.8 Å². The summed E-state index contributed by atoms with van der Waals surface area (Å²) in [5.74, 6) is 0.635. The number of rotatable bonds is 3. The van der Waals surface area contributed by atoms with E-state index in [4.69, 9.17) is 0 Å². The first-order valence-corrected chi connectivity index (χ1v) is 3.90. The van der Waals surface area contributed by atoms with Crippen LogP contribution in [0.5, 0.6) is 0 Å². The van der Waals surface area contributed by atoms with E-state index in [0.717, 1.165) is 0 Å². The highest BCUT2D eigenvalue weighted by molar-refractivity contribution is 4.87. The molecule has 0 aliphatic carbocycles. The quantitative estimate of drug-likeness (QED) is 0.599. The van der Waals surface area contributed by atoms with Gasteiger partial charge >= 0.3 is 0 Å². The zero-order valence-corrected chi connectivity index (χ0v) is 7.33. The topological polar surface area (TPSA) is 20.2 Å². The third kappa shape index (κ3) is 3.02. The maximum atomic E-state index is 9.47. The van der Waals surface area contributed by atoms with E-state index in [1.807, 2.05) is 39.8 Å². The molecule has 0 aliphatic rings. The maximum Gasteiger partial charge on any atom is 0.0622 e. The van der Waals surface area contributed by atoms with Crippen LogP contribution in [-0.2, 0) is 0 Å². The molecule has 1 N–H and O–H groups in total. The summed E-state index contributed by atoms with van der Waals surface area (Å²) in [7, 11) is 0. The van der Waals surface area contributed by atoms with Gasteiger partial charge in [0.25, 0.3) is 0 Å². The summed E-state index contributed by atoms with van der Waals surface area (Å²) < 4.78 is 0. The molecule has 0 spiro atoms. The van der Waals surface area contributed by atoms with Crippen LogP contribution in [-0.4, -0.2) is 11.2 Å². The van der Waals surface area contributed by atoms with Gasteiger partial charge in [-0.05, 0) is 12.8 Å². The largest absolute Gasteiger partial charge is 0.392 e. The van der Waals surface area contributed by atoms with Gasteiger partial charge in [0.15, 0.2) is 0 Å². The molecule has 0 aromatic heterocycles. The molecule has 0 fully saturated rings. The number of aliphatic hydroxyl groups excluding tert-OH is 1. The van der Waals surface area contributed by atoms with Gasteiger partial charge in [-0.15, -0.1) is 0 Å². The molecule has 0 amide bonds. The molecular weight excluding hydrogens is 124 g/mol. The molecule has 1 nitrogen and oxygen atoms in total. The predicted octanol–water partition coefficient (Wildman–Crippen LogP) is 2.22. The third-order valence-electron chi connectivity index (χ3n) is 1.72. The van der Waals surface area contributed by atoms with Crippen LogP contribution in [0, 0.1) is 11.8 Å².